The molecule has 0 bridgehead atoms. The Kier molecular flexibility index (Phi) is 15.3. The third-order valence-electron chi connectivity index (χ3n) is 7.25. The van der Waals surface area contributed by atoms with Gasteiger partial charge in [-0.25, -0.2) is 4.79 Å². The lowest BCUT2D eigenvalue weighted by Gasteiger charge is -2.35. The van der Waals surface area contributed by atoms with Gasteiger partial charge in [-0.15, -0.1) is 0 Å². The molecule has 3 heterocycles. The first kappa shape index (κ1) is 35.6. The van der Waals surface area contributed by atoms with Gasteiger partial charge in [0.1, 0.15) is 0 Å². The number of hydrogen-bond donors (Lipinski definition) is 4. The van der Waals surface area contributed by atoms with E-state index in [0.29, 0.717) is 38.3 Å². The van der Waals surface area contributed by atoms with Crippen LogP contribution >= 0.6 is 0 Å². The average molecular weight is 599 g/mol. The van der Waals surface area contributed by atoms with E-state index in [9.17, 15) is 9.90 Å². The van der Waals surface area contributed by atoms with Crippen molar-refractivity contribution in [1.29, 1.82) is 0 Å². The van der Waals surface area contributed by atoms with Crippen LogP contribution in [0.2, 0.25) is 0 Å². The highest BCUT2D eigenvalue weighted by molar-refractivity contribution is 5.89. The van der Waals surface area contributed by atoms with Crippen LogP contribution in [0.4, 0.5) is 10.6 Å². The number of urea groups is 1. The number of nitrogens with zero attached hydrogens (tertiary/aromatic N) is 3. The Morgan fingerprint density at radius 1 is 1.20 bits per heavy atom. The molecule has 2 atom stereocenters. The molecule has 236 valence electrons. The topological polar surface area (TPSA) is 111 Å². The fourth-order valence-electron chi connectivity index (χ4n) is 4.85. The Balaban J connectivity index is 0.000000661. The lowest BCUT2D eigenvalue weighted by atomic mass is 9.97. The number of nitrogen functional groups attached to an aromatic ring is 1. The third-order valence-corrected chi connectivity index (χ3v) is 7.25. The van der Waals surface area contributed by atoms with E-state index in [2.05, 4.69) is 47.7 Å². The smallest absolute Gasteiger partial charge is 0.320 e. The van der Waals surface area contributed by atoms with Gasteiger partial charge in [0, 0.05) is 37.4 Å². The van der Waals surface area contributed by atoms with Crippen molar-refractivity contribution in [3.63, 3.8) is 0 Å². The van der Waals surface area contributed by atoms with Gasteiger partial charge in [0.05, 0.1) is 17.7 Å². The molecule has 0 aliphatic carbocycles. The van der Waals surface area contributed by atoms with Gasteiger partial charge in [-0.1, -0.05) is 87.3 Å². The molecule has 2 aliphatic heterocycles. The van der Waals surface area contributed by atoms with Crippen LogP contribution in [0.15, 0.2) is 115 Å². The van der Waals surface area contributed by atoms with Crippen LogP contribution in [0.1, 0.15) is 53.0 Å². The van der Waals surface area contributed by atoms with Crippen molar-refractivity contribution < 1.29 is 9.90 Å². The SMILES string of the molecule is C/C=C\C(C)=C/C.C=C/C=C(\C=C)C[C@@H]1C(O)CCN(Cc2ccc3[nH]nc(N)c3c2)C(=O)N1CC1=CNC=CC=C1.CC. The van der Waals surface area contributed by atoms with Crippen LogP contribution < -0.4 is 11.1 Å². The minimum absolute atomic E-state index is 0.125. The first-order valence-electron chi connectivity index (χ1n) is 15.2. The molecule has 0 spiro atoms. The van der Waals surface area contributed by atoms with Gasteiger partial charge < -0.3 is 26.0 Å². The lowest BCUT2D eigenvalue weighted by molar-refractivity contribution is 0.0761. The van der Waals surface area contributed by atoms with Crippen molar-refractivity contribution in [2.75, 3.05) is 18.8 Å². The van der Waals surface area contributed by atoms with E-state index >= 15 is 0 Å². The summed E-state index contributed by atoms with van der Waals surface area (Å²) in [5.41, 5.74) is 11.0. The fraction of sp³-hybridized carbons (Fsp3) is 0.333. The van der Waals surface area contributed by atoms with Crippen molar-refractivity contribution >= 4 is 22.8 Å². The number of aliphatic hydroxyl groups excluding tert-OH is 1. The number of benzene rings is 1. The van der Waals surface area contributed by atoms with Crippen LogP contribution in [0.25, 0.3) is 10.9 Å². The quantitative estimate of drug-likeness (QED) is 0.226. The zero-order chi connectivity index (χ0) is 32.5. The number of carbonyl (C=O) groups excluding carboxylic acids is 1. The Bertz CT molecular complexity index is 1430. The molecule has 2 aromatic rings. The standard InChI is InChI=1S/C27H32N6O2.C7H12.C2H6/c1-3-7-19(4-2)15-24-25(34)11-13-32(17-20-9-10-23-22(14-20)26(28)31-30-23)27(35)33(24)18-21-8-5-6-12-29-16-21;1-4-6-7(3)5-2;1-2/h3-10,12,14,16,24-25,29,34H,1-2,11,13,15,17-18H2,(H3,28,30,31);4-6H,1-3H3;1-2H3/b19-7+;6-4-,7-5-;/t24-,25?;;/m1../s1. The lowest BCUT2D eigenvalue weighted by Crippen LogP contribution is -2.49. The van der Waals surface area contributed by atoms with Crippen molar-refractivity contribution in [3.8, 4) is 0 Å². The van der Waals surface area contributed by atoms with Gasteiger partial charge in [-0.05, 0) is 68.5 Å². The number of nitrogens with two attached hydrogens (primary N) is 1. The molecule has 2 amide bonds. The summed E-state index contributed by atoms with van der Waals surface area (Å²) in [6, 6.07) is 5.31. The van der Waals surface area contributed by atoms with Crippen molar-refractivity contribution in [2.24, 2.45) is 0 Å². The van der Waals surface area contributed by atoms with E-state index in [1.54, 1.807) is 22.0 Å². The summed E-state index contributed by atoms with van der Waals surface area (Å²) < 4.78 is 0. The maximum absolute atomic E-state index is 13.9. The molecule has 1 aromatic carbocycles. The number of aromatic amines is 1. The number of amides is 2. The molecule has 5 N–H and O–H groups in total. The largest absolute Gasteiger partial charge is 0.391 e. The minimum Gasteiger partial charge on any atom is -0.391 e. The van der Waals surface area contributed by atoms with E-state index in [4.69, 9.17) is 5.73 Å². The molecular formula is C36H50N6O2. The van der Waals surface area contributed by atoms with Crippen molar-refractivity contribution in [3.05, 3.63) is 121 Å². The number of aromatic nitrogens is 2. The maximum atomic E-state index is 13.9. The van der Waals surface area contributed by atoms with Crippen LogP contribution in [-0.2, 0) is 6.54 Å². The number of hydrogen-bond acceptors (Lipinski definition) is 5. The van der Waals surface area contributed by atoms with Crippen LogP contribution in [0, 0.1) is 0 Å². The number of rotatable bonds is 9. The number of nitrogens with one attached hydrogen (secondary N) is 2. The van der Waals surface area contributed by atoms with Crippen molar-refractivity contribution in [2.45, 2.75) is 66.2 Å². The molecule has 44 heavy (non-hydrogen) atoms. The van der Waals surface area contributed by atoms with Crippen LogP contribution in [-0.4, -0.2) is 56.4 Å². The van der Waals surface area contributed by atoms with E-state index in [1.165, 1.54) is 5.57 Å². The van der Waals surface area contributed by atoms with Crippen LogP contribution in [0.5, 0.6) is 0 Å². The minimum atomic E-state index is -0.689. The first-order valence-corrected chi connectivity index (χ1v) is 15.2. The summed E-state index contributed by atoms with van der Waals surface area (Å²) >= 11 is 0. The average Bonchev–Trinajstić information content (AvgIpc) is 3.18. The molecule has 1 aromatic heterocycles. The van der Waals surface area contributed by atoms with Gasteiger partial charge in [0.2, 0.25) is 0 Å². The number of fused-ring (bicyclic) bond motifs is 1. The fourth-order valence-corrected chi connectivity index (χ4v) is 4.85. The third kappa shape index (κ3) is 10.3. The number of allylic oxidation sites excluding steroid dienone is 9. The molecule has 0 saturated carbocycles. The van der Waals surface area contributed by atoms with E-state index in [1.807, 2.05) is 88.7 Å². The number of anilines is 1. The second-order valence-electron chi connectivity index (χ2n) is 10.3. The molecule has 1 unspecified atom stereocenters. The summed E-state index contributed by atoms with van der Waals surface area (Å²) in [6.07, 6.45) is 21.3. The molecule has 2 aliphatic rings. The zero-order valence-electron chi connectivity index (χ0n) is 27.0. The molecule has 1 fully saturated rings. The molecule has 1 saturated heterocycles. The molecule has 0 radical (unpaired) electrons. The zero-order valence-corrected chi connectivity index (χ0v) is 27.0. The predicted molar refractivity (Wildman–Crippen MR) is 186 cm³/mol. The van der Waals surface area contributed by atoms with Gasteiger partial charge in [-0.2, -0.15) is 5.10 Å². The second-order valence-corrected chi connectivity index (χ2v) is 10.3. The monoisotopic (exact) mass is 598 g/mol. The summed E-state index contributed by atoms with van der Waals surface area (Å²) in [5.74, 6) is 0.431. The summed E-state index contributed by atoms with van der Waals surface area (Å²) in [6.45, 7) is 19.0. The summed E-state index contributed by atoms with van der Waals surface area (Å²) in [4.78, 5) is 17.5. The Labute approximate surface area is 263 Å². The van der Waals surface area contributed by atoms with E-state index in [0.717, 1.165) is 27.6 Å². The normalized spacial score (nSPS) is 18.9. The molecule has 8 nitrogen and oxygen atoms in total. The number of H-pyrrole nitrogens is 1. The highest BCUT2D eigenvalue weighted by Gasteiger charge is 2.36. The van der Waals surface area contributed by atoms with E-state index in [-0.39, 0.29) is 6.03 Å². The highest BCUT2D eigenvalue weighted by Crippen LogP contribution is 2.27. The molecular weight excluding hydrogens is 548 g/mol. The van der Waals surface area contributed by atoms with Gasteiger partial charge >= 0.3 is 6.03 Å². The second kappa shape index (κ2) is 18.9. The first-order chi connectivity index (χ1) is 21.3. The number of aliphatic hydroxyl groups is 1. The van der Waals surface area contributed by atoms with Crippen molar-refractivity contribution in [1.82, 2.24) is 25.3 Å². The Hall–Kier alpha value is -4.56. The molecule has 4 rings (SSSR count). The Morgan fingerprint density at radius 3 is 2.64 bits per heavy atom. The highest BCUT2D eigenvalue weighted by atomic mass is 16.3. The predicted octanol–water partition coefficient (Wildman–Crippen LogP) is 7.30. The van der Waals surface area contributed by atoms with Gasteiger partial charge in [0.15, 0.2) is 5.82 Å². The van der Waals surface area contributed by atoms with Crippen LogP contribution in [0.3, 0.4) is 0 Å². The van der Waals surface area contributed by atoms with Gasteiger partial charge in [0.25, 0.3) is 0 Å². The van der Waals surface area contributed by atoms with Gasteiger partial charge in [-0.3, -0.25) is 5.10 Å². The van der Waals surface area contributed by atoms with E-state index < -0.39 is 12.1 Å². The number of carbonyl (C=O) groups is 1. The maximum Gasteiger partial charge on any atom is 0.320 e. The Morgan fingerprint density at radius 2 is 1.98 bits per heavy atom. The molecule has 8 heteroatoms. The summed E-state index contributed by atoms with van der Waals surface area (Å²) in [5, 5.41) is 22.1. The summed E-state index contributed by atoms with van der Waals surface area (Å²) in [7, 11) is 0.